The molecule has 0 radical (unpaired) electrons. The van der Waals surface area contributed by atoms with Crippen LogP contribution in [-0.2, 0) is 5.41 Å². The number of phenols is 2. The fraction of sp³-hybridized carbons (Fsp3) is 0.429. The number of hydrogen-bond acceptors (Lipinski definition) is 2. The molecule has 2 aromatic carbocycles. The van der Waals surface area contributed by atoms with Gasteiger partial charge in [0.2, 0.25) is 0 Å². The Labute approximate surface area is 139 Å². The van der Waals surface area contributed by atoms with Crippen molar-refractivity contribution in [1.29, 1.82) is 0 Å². The van der Waals surface area contributed by atoms with Gasteiger partial charge >= 0.3 is 0 Å². The standard InChI is InChI=1S/C21H28O2/c1-4-5-6-16(2)15-21(3,17-7-11-19(22)12-8-17)18-9-13-20(23)14-10-18/h7-14,16,22-23H,4-6,15H2,1-3H3. The summed E-state index contributed by atoms with van der Waals surface area (Å²) in [4.78, 5) is 0. The molecule has 2 heteroatoms. The van der Waals surface area contributed by atoms with E-state index in [1.807, 2.05) is 24.3 Å². The monoisotopic (exact) mass is 312 g/mol. The van der Waals surface area contributed by atoms with Crippen LogP contribution >= 0.6 is 0 Å². The largest absolute Gasteiger partial charge is 0.508 e. The van der Waals surface area contributed by atoms with Crippen LogP contribution in [-0.4, -0.2) is 10.2 Å². The third kappa shape index (κ3) is 4.28. The van der Waals surface area contributed by atoms with Gasteiger partial charge in [0.15, 0.2) is 0 Å². The maximum atomic E-state index is 9.59. The van der Waals surface area contributed by atoms with Crippen LogP contribution in [0.15, 0.2) is 48.5 Å². The molecule has 0 heterocycles. The summed E-state index contributed by atoms with van der Waals surface area (Å²) in [7, 11) is 0. The van der Waals surface area contributed by atoms with E-state index in [9.17, 15) is 10.2 Å². The second-order valence-corrected chi connectivity index (χ2v) is 6.88. The van der Waals surface area contributed by atoms with Crippen molar-refractivity contribution in [3.8, 4) is 11.5 Å². The van der Waals surface area contributed by atoms with E-state index >= 15 is 0 Å². The molecule has 23 heavy (non-hydrogen) atoms. The Morgan fingerprint density at radius 3 is 1.70 bits per heavy atom. The van der Waals surface area contributed by atoms with Gasteiger partial charge in [0.25, 0.3) is 0 Å². The molecule has 0 fully saturated rings. The van der Waals surface area contributed by atoms with Crippen LogP contribution in [0, 0.1) is 5.92 Å². The Morgan fingerprint density at radius 1 is 0.870 bits per heavy atom. The number of rotatable bonds is 7. The first-order valence-electron chi connectivity index (χ1n) is 8.54. The summed E-state index contributed by atoms with van der Waals surface area (Å²) in [5.41, 5.74) is 2.27. The number of phenolic OH excluding ortho intramolecular Hbond substituents is 2. The van der Waals surface area contributed by atoms with Gasteiger partial charge in [-0.2, -0.15) is 0 Å². The minimum atomic E-state index is -0.130. The molecule has 0 spiro atoms. The van der Waals surface area contributed by atoms with Crippen molar-refractivity contribution >= 4 is 0 Å². The molecule has 124 valence electrons. The normalized spacial score (nSPS) is 13.0. The topological polar surface area (TPSA) is 40.5 Å². The lowest BCUT2D eigenvalue weighted by molar-refractivity contribution is 0.376. The molecule has 0 aliphatic heterocycles. The third-order valence-electron chi connectivity index (χ3n) is 4.82. The van der Waals surface area contributed by atoms with Crippen molar-refractivity contribution in [2.45, 2.75) is 51.9 Å². The predicted molar refractivity (Wildman–Crippen MR) is 96.0 cm³/mol. The first-order valence-corrected chi connectivity index (χ1v) is 8.54. The van der Waals surface area contributed by atoms with E-state index in [-0.39, 0.29) is 5.41 Å². The van der Waals surface area contributed by atoms with Crippen molar-refractivity contribution in [3.63, 3.8) is 0 Å². The van der Waals surface area contributed by atoms with E-state index in [1.54, 1.807) is 24.3 Å². The van der Waals surface area contributed by atoms with Crippen molar-refractivity contribution in [2.75, 3.05) is 0 Å². The summed E-state index contributed by atoms with van der Waals surface area (Å²) in [6, 6.07) is 15.1. The average Bonchev–Trinajstić information content (AvgIpc) is 2.54. The molecule has 0 saturated carbocycles. The van der Waals surface area contributed by atoms with Crippen molar-refractivity contribution < 1.29 is 10.2 Å². The molecule has 0 amide bonds. The smallest absolute Gasteiger partial charge is 0.115 e. The minimum Gasteiger partial charge on any atom is -0.508 e. The van der Waals surface area contributed by atoms with E-state index in [4.69, 9.17) is 0 Å². The molecule has 2 N–H and O–H groups in total. The Bertz CT molecular complexity index is 553. The predicted octanol–water partition coefficient (Wildman–Crippen LogP) is 5.62. The summed E-state index contributed by atoms with van der Waals surface area (Å²) in [5.74, 6) is 1.20. The zero-order chi connectivity index (χ0) is 16.9. The van der Waals surface area contributed by atoms with Gasteiger partial charge < -0.3 is 10.2 Å². The van der Waals surface area contributed by atoms with Crippen LogP contribution in [0.5, 0.6) is 11.5 Å². The first kappa shape index (κ1) is 17.4. The molecule has 0 bridgehead atoms. The van der Waals surface area contributed by atoms with Crippen molar-refractivity contribution in [2.24, 2.45) is 5.92 Å². The van der Waals surface area contributed by atoms with Gasteiger partial charge in [-0.25, -0.2) is 0 Å². The summed E-state index contributed by atoms with van der Waals surface area (Å²) < 4.78 is 0. The van der Waals surface area contributed by atoms with Crippen molar-refractivity contribution in [3.05, 3.63) is 59.7 Å². The zero-order valence-corrected chi connectivity index (χ0v) is 14.4. The van der Waals surface area contributed by atoms with Crippen LogP contribution in [0.3, 0.4) is 0 Å². The SMILES string of the molecule is CCCCC(C)CC(C)(c1ccc(O)cc1)c1ccc(O)cc1. The second-order valence-electron chi connectivity index (χ2n) is 6.88. The molecule has 2 rings (SSSR count). The molecule has 0 saturated heterocycles. The molecule has 1 unspecified atom stereocenters. The van der Waals surface area contributed by atoms with E-state index in [2.05, 4.69) is 20.8 Å². The maximum absolute atomic E-state index is 9.59. The molecule has 1 atom stereocenters. The maximum Gasteiger partial charge on any atom is 0.115 e. The summed E-state index contributed by atoms with van der Waals surface area (Å²) in [6.45, 7) is 6.80. The summed E-state index contributed by atoms with van der Waals surface area (Å²) in [5, 5.41) is 19.2. The second kappa shape index (κ2) is 7.54. The molecule has 2 aromatic rings. The van der Waals surface area contributed by atoms with E-state index in [0.717, 1.165) is 6.42 Å². The van der Waals surface area contributed by atoms with E-state index in [1.165, 1.54) is 30.4 Å². The fourth-order valence-corrected chi connectivity index (χ4v) is 3.41. The van der Waals surface area contributed by atoms with Gasteiger partial charge in [0.05, 0.1) is 0 Å². The summed E-state index contributed by atoms with van der Waals surface area (Å²) >= 11 is 0. The average molecular weight is 312 g/mol. The lowest BCUT2D eigenvalue weighted by Gasteiger charge is -2.34. The molecule has 0 aliphatic carbocycles. The van der Waals surface area contributed by atoms with Gasteiger partial charge in [0.1, 0.15) is 11.5 Å². The van der Waals surface area contributed by atoms with Gasteiger partial charge in [-0.05, 0) is 47.7 Å². The quantitative estimate of drug-likeness (QED) is 0.696. The highest BCUT2D eigenvalue weighted by Crippen LogP contribution is 2.40. The van der Waals surface area contributed by atoms with Crippen LogP contribution in [0.2, 0.25) is 0 Å². The number of benzene rings is 2. The number of hydrogen-bond donors (Lipinski definition) is 2. The lowest BCUT2D eigenvalue weighted by atomic mass is 9.70. The molecular formula is C21H28O2. The first-order chi connectivity index (χ1) is 11.0. The van der Waals surface area contributed by atoms with Crippen LogP contribution in [0.1, 0.15) is 57.6 Å². The highest BCUT2D eigenvalue weighted by molar-refractivity contribution is 5.42. The van der Waals surface area contributed by atoms with Crippen LogP contribution < -0.4 is 0 Å². The Hall–Kier alpha value is -1.96. The Balaban J connectivity index is 2.37. The van der Waals surface area contributed by atoms with Crippen LogP contribution in [0.4, 0.5) is 0 Å². The van der Waals surface area contributed by atoms with E-state index < -0.39 is 0 Å². The van der Waals surface area contributed by atoms with Gasteiger partial charge in [0, 0.05) is 5.41 Å². The van der Waals surface area contributed by atoms with Crippen LogP contribution in [0.25, 0.3) is 0 Å². The molecule has 0 aromatic heterocycles. The summed E-state index contributed by atoms with van der Waals surface area (Å²) in [6.07, 6.45) is 4.74. The molecular weight excluding hydrogens is 284 g/mol. The van der Waals surface area contributed by atoms with Gasteiger partial charge in [-0.1, -0.05) is 64.3 Å². The molecule has 2 nitrogen and oxygen atoms in total. The molecule has 0 aliphatic rings. The lowest BCUT2D eigenvalue weighted by Crippen LogP contribution is -2.26. The Morgan fingerprint density at radius 2 is 1.30 bits per heavy atom. The third-order valence-corrected chi connectivity index (χ3v) is 4.82. The minimum absolute atomic E-state index is 0.130. The Kier molecular flexibility index (Phi) is 5.70. The van der Waals surface area contributed by atoms with Gasteiger partial charge in [-0.3, -0.25) is 0 Å². The zero-order valence-electron chi connectivity index (χ0n) is 14.4. The number of aromatic hydroxyl groups is 2. The van der Waals surface area contributed by atoms with Crippen molar-refractivity contribution in [1.82, 2.24) is 0 Å². The highest BCUT2D eigenvalue weighted by Gasteiger charge is 2.30. The number of unbranched alkanes of at least 4 members (excludes halogenated alkanes) is 1. The van der Waals surface area contributed by atoms with Gasteiger partial charge in [-0.15, -0.1) is 0 Å². The van der Waals surface area contributed by atoms with E-state index in [0.29, 0.717) is 17.4 Å². The highest BCUT2D eigenvalue weighted by atomic mass is 16.3. The fourth-order valence-electron chi connectivity index (χ4n) is 3.41.